The van der Waals surface area contributed by atoms with Crippen molar-refractivity contribution in [3.8, 4) is 0 Å². The fourth-order valence-electron chi connectivity index (χ4n) is 3.32. The van der Waals surface area contributed by atoms with E-state index in [1.807, 2.05) is 19.1 Å². The van der Waals surface area contributed by atoms with Gasteiger partial charge in [0.05, 0.1) is 11.9 Å². The topological polar surface area (TPSA) is 127 Å². The third kappa shape index (κ3) is 4.16. The molecule has 0 aromatic carbocycles. The van der Waals surface area contributed by atoms with Crippen LogP contribution < -0.4 is 16.8 Å². The van der Waals surface area contributed by atoms with Crippen LogP contribution >= 0.6 is 11.8 Å². The molecular weight excluding hydrogens is 376 g/mol. The fourth-order valence-corrected chi connectivity index (χ4v) is 4.69. The molecule has 150 valence electrons. The van der Waals surface area contributed by atoms with E-state index in [1.165, 1.54) is 16.7 Å². The minimum Gasteiger partial charge on any atom is -0.390 e. The molecule has 28 heavy (non-hydrogen) atoms. The summed E-state index contributed by atoms with van der Waals surface area (Å²) in [4.78, 5) is 34.4. The highest BCUT2D eigenvalue weighted by atomic mass is 32.2. The Kier molecular flexibility index (Phi) is 7.11. The molecule has 5 N–H and O–H groups in total. The van der Waals surface area contributed by atoms with Gasteiger partial charge in [0.25, 0.3) is 5.91 Å². The second kappa shape index (κ2) is 9.13. The standard InChI is InChI=1S/C19H26N6O2S/c1-4-5-16(15-6-14(2)7-23-8-15)28-11-18(22-3)9-25(13-26)10-19(18,21)17(27)24-12-20/h4-8,12-13,22H,1,9-11,21H2,2-3H3,(H2,20,24,27)/b16-5-. The smallest absolute Gasteiger partial charge is 0.270 e. The molecule has 1 aromatic rings. The molecule has 2 atom stereocenters. The van der Waals surface area contributed by atoms with Gasteiger partial charge in [-0.3, -0.25) is 14.6 Å². The number of nitrogens with two attached hydrogens (primary N) is 2. The molecule has 2 heterocycles. The summed E-state index contributed by atoms with van der Waals surface area (Å²) in [6, 6.07) is 2.02. The summed E-state index contributed by atoms with van der Waals surface area (Å²) in [6.07, 6.45) is 8.75. The Bertz CT molecular complexity index is 811. The molecule has 8 nitrogen and oxygen atoms in total. The minimum absolute atomic E-state index is 0.0561. The van der Waals surface area contributed by atoms with Crippen LogP contribution in [0.2, 0.25) is 0 Å². The number of nitrogens with zero attached hydrogens (tertiary/aromatic N) is 3. The zero-order valence-electron chi connectivity index (χ0n) is 16.1. The van der Waals surface area contributed by atoms with Gasteiger partial charge in [-0.2, -0.15) is 0 Å². The predicted octanol–water partition coefficient (Wildman–Crippen LogP) is 0.291. The van der Waals surface area contributed by atoms with E-state index >= 15 is 0 Å². The Morgan fingerprint density at radius 2 is 2.25 bits per heavy atom. The number of amides is 2. The lowest BCUT2D eigenvalue weighted by Gasteiger charge is -2.39. The van der Waals surface area contributed by atoms with Crippen molar-refractivity contribution in [2.45, 2.75) is 18.0 Å². The maximum Gasteiger partial charge on any atom is 0.270 e. The lowest BCUT2D eigenvalue weighted by Crippen LogP contribution is -2.71. The van der Waals surface area contributed by atoms with Gasteiger partial charge in [-0.1, -0.05) is 12.7 Å². The van der Waals surface area contributed by atoms with Crippen molar-refractivity contribution in [3.05, 3.63) is 48.3 Å². The first-order chi connectivity index (χ1) is 13.4. The van der Waals surface area contributed by atoms with Crippen LogP contribution in [0.1, 0.15) is 11.1 Å². The van der Waals surface area contributed by atoms with E-state index in [0.717, 1.165) is 22.4 Å². The van der Waals surface area contributed by atoms with Crippen molar-refractivity contribution in [2.24, 2.45) is 16.5 Å². The summed E-state index contributed by atoms with van der Waals surface area (Å²) < 4.78 is 0. The van der Waals surface area contributed by atoms with Crippen LogP contribution in [0.25, 0.3) is 4.91 Å². The van der Waals surface area contributed by atoms with Crippen LogP contribution in [-0.4, -0.2) is 65.5 Å². The Morgan fingerprint density at radius 1 is 1.50 bits per heavy atom. The average Bonchev–Trinajstić information content (AvgIpc) is 2.99. The normalized spacial score (nSPS) is 25.2. The summed E-state index contributed by atoms with van der Waals surface area (Å²) in [5.74, 6) is -0.148. The number of likely N-dealkylation sites (tertiary alicyclic amines) is 1. The Hall–Kier alpha value is -2.49. The molecule has 2 rings (SSSR count). The molecule has 2 amide bonds. The zero-order chi connectivity index (χ0) is 20.8. The molecule has 1 aromatic heterocycles. The molecule has 1 fully saturated rings. The number of hydrogen-bond acceptors (Lipinski definition) is 6. The van der Waals surface area contributed by atoms with Crippen LogP contribution in [0.4, 0.5) is 0 Å². The van der Waals surface area contributed by atoms with Crippen molar-refractivity contribution in [1.29, 1.82) is 0 Å². The SMILES string of the molecule is C=C/C=C(\SCC1(NC)CN(C=O)CC1(N)C(=O)N=CN)c1cncc(C)c1. The van der Waals surface area contributed by atoms with E-state index in [-0.39, 0.29) is 13.1 Å². The highest BCUT2D eigenvalue weighted by molar-refractivity contribution is 8.08. The molecule has 0 aliphatic carbocycles. The van der Waals surface area contributed by atoms with Gasteiger partial charge in [0, 0.05) is 41.7 Å². The second-order valence-electron chi connectivity index (χ2n) is 6.70. The molecule has 0 bridgehead atoms. The van der Waals surface area contributed by atoms with Crippen molar-refractivity contribution in [2.75, 3.05) is 25.9 Å². The van der Waals surface area contributed by atoms with Gasteiger partial charge in [0.2, 0.25) is 6.41 Å². The number of aryl methyl sites for hydroxylation is 1. The number of aromatic nitrogens is 1. The molecule has 1 saturated heterocycles. The molecule has 0 saturated carbocycles. The van der Waals surface area contributed by atoms with Crippen molar-refractivity contribution >= 4 is 35.3 Å². The van der Waals surface area contributed by atoms with Crippen LogP contribution in [-0.2, 0) is 9.59 Å². The number of allylic oxidation sites excluding steroid dienone is 2. The van der Waals surface area contributed by atoms with Gasteiger partial charge >= 0.3 is 0 Å². The number of carbonyl (C=O) groups excluding carboxylic acids is 2. The third-order valence-corrected chi connectivity index (χ3v) is 6.20. The van der Waals surface area contributed by atoms with Gasteiger partial charge < -0.3 is 21.7 Å². The van der Waals surface area contributed by atoms with E-state index in [1.54, 1.807) is 25.5 Å². The highest BCUT2D eigenvalue weighted by Gasteiger charge is 2.59. The summed E-state index contributed by atoms with van der Waals surface area (Å²) in [7, 11) is 1.72. The molecule has 0 spiro atoms. The maximum absolute atomic E-state index is 12.7. The predicted molar refractivity (Wildman–Crippen MR) is 114 cm³/mol. The number of hydrogen-bond donors (Lipinski definition) is 3. The van der Waals surface area contributed by atoms with E-state index < -0.39 is 17.0 Å². The van der Waals surface area contributed by atoms with Crippen LogP contribution in [0.3, 0.4) is 0 Å². The van der Waals surface area contributed by atoms with Crippen molar-refractivity contribution in [1.82, 2.24) is 15.2 Å². The summed E-state index contributed by atoms with van der Waals surface area (Å²) >= 11 is 1.51. The van der Waals surface area contributed by atoms with E-state index in [4.69, 9.17) is 11.5 Å². The Balaban J connectivity index is 2.37. The quantitative estimate of drug-likeness (QED) is 0.247. The number of nitrogens with one attached hydrogen (secondary N) is 1. The average molecular weight is 403 g/mol. The first kappa shape index (κ1) is 21.8. The van der Waals surface area contributed by atoms with Crippen molar-refractivity contribution < 1.29 is 9.59 Å². The maximum atomic E-state index is 12.7. The Labute approximate surface area is 169 Å². The molecule has 0 radical (unpaired) electrons. The van der Waals surface area contributed by atoms with E-state index in [2.05, 4.69) is 21.9 Å². The van der Waals surface area contributed by atoms with Crippen molar-refractivity contribution in [3.63, 3.8) is 0 Å². The first-order valence-corrected chi connectivity index (χ1v) is 9.67. The molecule has 9 heteroatoms. The van der Waals surface area contributed by atoms with Gasteiger partial charge in [0.1, 0.15) is 5.54 Å². The van der Waals surface area contributed by atoms with Gasteiger partial charge in [-0.25, -0.2) is 4.99 Å². The lowest BCUT2D eigenvalue weighted by atomic mass is 9.81. The van der Waals surface area contributed by atoms with Gasteiger partial charge in [-0.15, -0.1) is 11.8 Å². The zero-order valence-corrected chi connectivity index (χ0v) is 16.9. The van der Waals surface area contributed by atoms with Gasteiger partial charge in [0.15, 0.2) is 0 Å². The summed E-state index contributed by atoms with van der Waals surface area (Å²) in [5.41, 5.74) is 11.5. The number of likely N-dealkylation sites (N-methyl/N-ethyl adjacent to an activating group) is 1. The number of aliphatic imine (C=N–C) groups is 1. The number of thioether (sulfide) groups is 1. The number of carbonyl (C=O) groups is 2. The highest BCUT2D eigenvalue weighted by Crippen LogP contribution is 2.38. The molecular formula is C19H26N6O2S. The minimum atomic E-state index is -1.41. The van der Waals surface area contributed by atoms with Gasteiger partial charge in [-0.05, 0) is 31.7 Å². The van der Waals surface area contributed by atoms with E-state index in [9.17, 15) is 9.59 Å². The molecule has 2 unspecified atom stereocenters. The van der Waals surface area contributed by atoms with E-state index in [0.29, 0.717) is 12.2 Å². The largest absolute Gasteiger partial charge is 0.390 e. The summed E-state index contributed by atoms with van der Waals surface area (Å²) in [6.45, 7) is 6.08. The third-order valence-electron chi connectivity index (χ3n) is 4.88. The lowest BCUT2D eigenvalue weighted by molar-refractivity contribution is -0.124. The molecule has 1 aliphatic rings. The first-order valence-electron chi connectivity index (χ1n) is 8.69. The second-order valence-corrected chi connectivity index (χ2v) is 7.72. The monoisotopic (exact) mass is 402 g/mol. The van der Waals surface area contributed by atoms with Crippen LogP contribution in [0.15, 0.2) is 42.2 Å². The Morgan fingerprint density at radius 3 is 2.82 bits per heavy atom. The molecule has 1 aliphatic heterocycles. The summed E-state index contributed by atoms with van der Waals surface area (Å²) in [5, 5.41) is 3.18. The number of rotatable bonds is 8. The van der Waals surface area contributed by atoms with Crippen LogP contribution in [0, 0.1) is 6.92 Å². The van der Waals surface area contributed by atoms with Crippen LogP contribution in [0.5, 0.6) is 0 Å². The number of pyridine rings is 1. The fraction of sp³-hybridized carbons (Fsp3) is 0.368.